The number of hydrogen-bond acceptors (Lipinski definition) is 7. The second kappa shape index (κ2) is 12.5. The van der Waals surface area contributed by atoms with Gasteiger partial charge in [0.05, 0.1) is 18.9 Å². The number of piperidine rings is 1. The van der Waals surface area contributed by atoms with Crippen LogP contribution in [-0.2, 0) is 4.74 Å². The van der Waals surface area contributed by atoms with Crippen LogP contribution in [0.1, 0.15) is 28.8 Å². The first-order chi connectivity index (χ1) is 16.1. The molecular formula is C26H37N5O2. The van der Waals surface area contributed by atoms with Crippen LogP contribution in [0.4, 0.5) is 11.5 Å². The maximum absolute atomic E-state index is 10.7. The molecule has 7 heteroatoms. The van der Waals surface area contributed by atoms with Crippen molar-refractivity contribution in [3.8, 4) is 11.1 Å². The molecule has 0 radical (unpaired) electrons. The van der Waals surface area contributed by atoms with Crippen molar-refractivity contribution in [2.45, 2.75) is 18.9 Å². The topological polar surface area (TPSA) is 69.7 Å². The number of carbonyl (C=O) groups excluding carboxylic acids is 1. The van der Waals surface area contributed by atoms with Crippen LogP contribution in [0.5, 0.6) is 0 Å². The highest BCUT2D eigenvalue weighted by Gasteiger charge is 2.24. The molecule has 4 rings (SSSR count). The fraction of sp³-hybridized carbons (Fsp3) is 0.462. The van der Waals surface area contributed by atoms with E-state index >= 15 is 0 Å². The number of aromatic nitrogens is 1. The lowest BCUT2D eigenvalue weighted by Crippen LogP contribution is -2.48. The lowest BCUT2D eigenvalue weighted by atomic mass is 10.0. The molecule has 1 aromatic heterocycles. The summed E-state index contributed by atoms with van der Waals surface area (Å²) in [6, 6.07) is 8.24. The number of nitrogens with zero attached hydrogens (tertiary/aromatic N) is 3. The van der Waals surface area contributed by atoms with Crippen LogP contribution >= 0.6 is 0 Å². The van der Waals surface area contributed by atoms with Gasteiger partial charge in [-0.15, -0.1) is 0 Å². The number of anilines is 2. The molecule has 0 aliphatic carbocycles. The summed E-state index contributed by atoms with van der Waals surface area (Å²) >= 11 is 0. The highest BCUT2D eigenvalue weighted by atomic mass is 16.5. The summed E-state index contributed by atoms with van der Waals surface area (Å²) in [7, 11) is 5.91. The van der Waals surface area contributed by atoms with Crippen LogP contribution in [0, 0.1) is 0 Å². The zero-order chi connectivity index (χ0) is 23.6. The lowest BCUT2D eigenvalue weighted by Gasteiger charge is -2.39. The molecule has 2 fully saturated rings. The molecule has 2 saturated heterocycles. The molecule has 0 spiro atoms. The van der Waals surface area contributed by atoms with Crippen LogP contribution in [-0.4, -0.2) is 87.6 Å². The van der Waals surface area contributed by atoms with Crippen LogP contribution in [0.3, 0.4) is 0 Å². The van der Waals surface area contributed by atoms with Gasteiger partial charge in [0.1, 0.15) is 12.1 Å². The Morgan fingerprint density at radius 1 is 1.06 bits per heavy atom. The first kappa shape index (κ1) is 24.9. The van der Waals surface area contributed by atoms with Gasteiger partial charge in [-0.25, -0.2) is 4.98 Å². The molecule has 2 N–H and O–H groups in total. The van der Waals surface area contributed by atoms with Crippen molar-refractivity contribution >= 4 is 23.9 Å². The summed E-state index contributed by atoms with van der Waals surface area (Å²) in [4.78, 5) is 20.2. The fourth-order valence-electron chi connectivity index (χ4n) is 4.46. The Labute approximate surface area is 197 Å². The molecule has 2 aromatic rings. The first-order valence-corrected chi connectivity index (χ1v) is 11.7. The van der Waals surface area contributed by atoms with Crippen molar-refractivity contribution in [2.75, 3.05) is 71.2 Å². The Morgan fingerprint density at radius 3 is 2.27 bits per heavy atom. The average molecular weight is 452 g/mol. The predicted octanol–water partition coefficient (Wildman–Crippen LogP) is 3.70. The van der Waals surface area contributed by atoms with E-state index in [1.165, 1.54) is 25.9 Å². The summed E-state index contributed by atoms with van der Waals surface area (Å²) in [6.45, 7) is 10.5. The minimum absolute atomic E-state index is 0.656. The van der Waals surface area contributed by atoms with Crippen molar-refractivity contribution in [3.05, 3.63) is 48.2 Å². The molecule has 0 saturated carbocycles. The Kier molecular flexibility index (Phi) is 9.42. The van der Waals surface area contributed by atoms with Crippen LogP contribution < -0.4 is 10.6 Å². The molecular weight excluding hydrogens is 414 g/mol. The fourth-order valence-corrected chi connectivity index (χ4v) is 4.46. The van der Waals surface area contributed by atoms with Gasteiger partial charge in [0.2, 0.25) is 0 Å². The smallest absolute Gasteiger partial charge is 0.150 e. The van der Waals surface area contributed by atoms with E-state index in [0.29, 0.717) is 5.56 Å². The number of rotatable bonds is 6. The molecule has 2 aliphatic heterocycles. The van der Waals surface area contributed by atoms with E-state index in [1.807, 2.05) is 26.2 Å². The Bertz CT molecular complexity index is 902. The van der Waals surface area contributed by atoms with Crippen molar-refractivity contribution in [1.82, 2.24) is 14.8 Å². The Hall–Kier alpha value is -2.74. The highest BCUT2D eigenvalue weighted by molar-refractivity contribution is 5.88. The standard InChI is InChI=1S/C16H17N3O.C10H20N2O/c1-4-13-15(17-2)14(9-19-16(13)18-3)12-7-5-11(10-20)6-8-12;1-11-4-2-10(3-5-11)12-6-8-13-9-7-12/h4-10H,1H2,2-3H3,(H2,17,18,19);10H,2-9H2,1H3. The SMILES string of the molecule is C=Cc1c(NC)ncc(-c2ccc(C=O)cc2)c1NC.CN1CCC(N2CCOCC2)CC1. The zero-order valence-electron chi connectivity index (χ0n) is 20.1. The molecule has 2 aliphatic rings. The highest BCUT2D eigenvalue weighted by Crippen LogP contribution is 2.34. The van der Waals surface area contributed by atoms with Crippen molar-refractivity contribution in [3.63, 3.8) is 0 Å². The van der Waals surface area contributed by atoms with Gasteiger partial charge in [-0.2, -0.15) is 0 Å². The Balaban J connectivity index is 0.000000203. The van der Waals surface area contributed by atoms with Crippen LogP contribution in [0.15, 0.2) is 37.0 Å². The minimum atomic E-state index is 0.656. The third-order valence-corrected chi connectivity index (χ3v) is 6.42. The van der Waals surface area contributed by atoms with Crippen LogP contribution in [0.2, 0.25) is 0 Å². The number of morpholine rings is 1. The van der Waals surface area contributed by atoms with E-state index < -0.39 is 0 Å². The third-order valence-electron chi connectivity index (χ3n) is 6.42. The number of nitrogens with one attached hydrogen (secondary N) is 2. The molecule has 0 amide bonds. The van der Waals surface area contributed by atoms with Gasteiger partial charge in [0.15, 0.2) is 0 Å². The van der Waals surface area contributed by atoms with E-state index in [1.54, 1.807) is 24.4 Å². The summed E-state index contributed by atoms with van der Waals surface area (Å²) in [5, 5.41) is 6.25. The summed E-state index contributed by atoms with van der Waals surface area (Å²) in [5.41, 5.74) is 4.51. The van der Waals surface area contributed by atoms with Crippen LogP contribution in [0.25, 0.3) is 17.2 Å². The number of likely N-dealkylation sites (tertiary alicyclic amines) is 1. The zero-order valence-corrected chi connectivity index (χ0v) is 20.1. The monoisotopic (exact) mass is 451 g/mol. The molecule has 1 aromatic carbocycles. The van der Waals surface area contributed by atoms with Crippen molar-refractivity contribution < 1.29 is 9.53 Å². The second-order valence-corrected chi connectivity index (χ2v) is 8.44. The van der Waals surface area contributed by atoms with Gasteiger partial charge in [0, 0.05) is 56.1 Å². The minimum Gasteiger partial charge on any atom is -0.387 e. The van der Waals surface area contributed by atoms with E-state index in [-0.39, 0.29) is 0 Å². The number of ether oxygens (including phenoxy) is 1. The lowest BCUT2D eigenvalue weighted by molar-refractivity contribution is 0.00290. The second-order valence-electron chi connectivity index (χ2n) is 8.44. The van der Waals surface area contributed by atoms with Crippen molar-refractivity contribution in [1.29, 1.82) is 0 Å². The quantitative estimate of drug-likeness (QED) is 0.649. The van der Waals surface area contributed by atoms with Gasteiger partial charge < -0.3 is 20.3 Å². The summed E-state index contributed by atoms with van der Waals surface area (Å²) in [6.07, 6.45) is 7.10. The molecule has 0 bridgehead atoms. The Morgan fingerprint density at radius 2 is 1.73 bits per heavy atom. The number of pyridine rings is 1. The first-order valence-electron chi connectivity index (χ1n) is 11.7. The third kappa shape index (κ3) is 6.41. The summed E-state index contributed by atoms with van der Waals surface area (Å²) < 4.78 is 5.36. The van der Waals surface area contributed by atoms with E-state index in [0.717, 1.165) is 66.8 Å². The maximum Gasteiger partial charge on any atom is 0.150 e. The number of aldehydes is 1. The largest absolute Gasteiger partial charge is 0.387 e. The van der Waals surface area contributed by atoms with Gasteiger partial charge in [0.25, 0.3) is 0 Å². The predicted molar refractivity (Wildman–Crippen MR) is 137 cm³/mol. The molecule has 3 heterocycles. The van der Waals surface area contributed by atoms with Gasteiger partial charge in [-0.05, 0) is 38.5 Å². The molecule has 0 atom stereocenters. The van der Waals surface area contributed by atoms with Gasteiger partial charge in [-0.1, -0.05) is 36.9 Å². The van der Waals surface area contributed by atoms with Crippen molar-refractivity contribution in [2.24, 2.45) is 0 Å². The summed E-state index contributed by atoms with van der Waals surface area (Å²) in [5.74, 6) is 0.776. The molecule has 7 nitrogen and oxygen atoms in total. The van der Waals surface area contributed by atoms with E-state index in [4.69, 9.17) is 4.74 Å². The average Bonchev–Trinajstić information content (AvgIpc) is 2.89. The van der Waals surface area contributed by atoms with E-state index in [9.17, 15) is 4.79 Å². The number of carbonyl (C=O) groups is 1. The maximum atomic E-state index is 10.7. The number of hydrogen-bond donors (Lipinski definition) is 2. The normalized spacial score (nSPS) is 17.5. The molecule has 178 valence electrons. The van der Waals surface area contributed by atoms with Gasteiger partial charge >= 0.3 is 0 Å². The van der Waals surface area contributed by atoms with E-state index in [2.05, 4.69) is 39.0 Å². The number of benzene rings is 1. The molecule has 0 unspecified atom stereocenters. The molecule has 33 heavy (non-hydrogen) atoms. The van der Waals surface area contributed by atoms with Gasteiger partial charge in [-0.3, -0.25) is 9.69 Å².